The lowest BCUT2D eigenvalue weighted by molar-refractivity contribution is -0.243. The predicted molar refractivity (Wildman–Crippen MR) is 264 cm³/mol. The molecule has 6 aliphatic carbocycles. The minimum absolute atomic E-state index is 0.0214. The van der Waals surface area contributed by atoms with E-state index in [0.29, 0.717) is 24.2 Å². The molecule has 4 atom stereocenters. The van der Waals surface area contributed by atoms with Crippen molar-refractivity contribution in [1.29, 1.82) is 0 Å². The summed E-state index contributed by atoms with van der Waals surface area (Å²) in [4.78, 5) is 58.6. The van der Waals surface area contributed by atoms with Crippen molar-refractivity contribution >= 4 is 30.0 Å². The largest absolute Gasteiger partial charge is 0.508 e. The van der Waals surface area contributed by atoms with E-state index in [1.165, 1.54) is 38.5 Å². The van der Waals surface area contributed by atoms with Gasteiger partial charge in [-0.1, -0.05) is 48.0 Å². The maximum Gasteiger partial charge on any atom is 0.508 e. The fraction of sp³-hybridized carbons (Fsp3) is 0.909. The van der Waals surface area contributed by atoms with Crippen molar-refractivity contribution in [2.45, 2.75) is 254 Å². The second kappa shape index (κ2) is 25.6. The zero-order valence-corrected chi connectivity index (χ0v) is 45.5. The lowest BCUT2D eigenvalue weighted by atomic mass is 9.52. The summed E-state index contributed by atoms with van der Waals surface area (Å²) < 4.78 is 37.9. The van der Waals surface area contributed by atoms with Gasteiger partial charge in [-0.2, -0.15) is 0 Å². The summed E-state index contributed by atoms with van der Waals surface area (Å²) >= 11 is 0. The molecule has 1 aliphatic heterocycles. The lowest BCUT2D eigenvalue weighted by Gasteiger charge is -2.61. The van der Waals surface area contributed by atoms with Gasteiger partial charge in [0, 0.05) is 6.42 Å². The Balaban J connectivity index is 0.000000251. The van der Waals surface area contributed by atoms with Crippen LogP contribution in [-0.4, -0.2) is 102 Å². The summed E-state index contributed by atoms with van der Waals surface area (Å²) in [7, 11) is 0. The number of hydrogen-bond donors (Lipinski definition) is 2. The highest BCUT2D eigenvalue weighted by Gasteiger charge is 2.61. The van der Waals surface area contributed by atoms with Crippen molar-refractivity contribution in [3.8, 4) is 0 Å². The number of esters is 4. The molecule has 14 nitrogen and oxygen atoms in total. The van der Waals surface area contributed by atoms with Crippen LogP contribution in [0.4, 0.5) is 4.79 Å². The molecule has 6 saturated carbocycles. The first kappa shape index (κ1) is 60.3. The Morgan fingerprint density at radius 3 is 1.62 bits per heavy atom. The van der Waals surface area contributed by atoms with Gasteiger partial charge in [0.15, 0.2) is 6.10 Å². The average molecular weight is 981 g/mol. The van der Waals surface area contributed by atoms with Crippen LogP contribution in [0, 0.1) is 39.4 Å². The van der Waals surface area contributed by atoms with Crippen LogP contribution < -0.4 is 0 Å². The van der Waals surface area contributed by atoms with Crippen molar-refractivity contribution < 1.29 is 67.3 Å². The van der Waals surface area contributed by atoms with Gasteiger partial charge in [-0.3, -0.25) is 19.2 Å². The van der Waals surface area contributed by atoms with Crippen LogP contribution in [0.1, 0.15) is 219 Å². The van der Waals surface area contributed by atoms with E-state index in [2.05, 4.69) is 18.6 Å². The average Bonchev–Trinajstić information content (AvgIpc) is 3.97. The van der Waals surface area contributed by atoms with E-state index in [1.54, 1.807) is 0 Å². The summed E-state index contributed by atoms with van der Waals surface area (Å²) in [5, 5.41) is 18.7. The van der Waals surface area contributed by atoms with E-state index in [9.17, 15) is 29.1 Å². The fourth-order valence-electron chi connectivity index (χ4n) is 10.0. The highest BCUT2D eigenvalue weighted by atomic mass is 16.8. The van der Waals surface area contributed by atoms with Gasteiger partial charge in [0.1, 0.15) is 36.6 Å². The van der Waals surface area contributed by atoms with Crippen molar-refractivity contribution in [1.82, 2.24) is 0 Å². The summed E-state index contributed by atoms with van der Waals surface area (Å²) in [6, 6.07) is 0. The fourth-order valence-corrected chi connectivity index (χ4v) is 10.0. The van der Waals surface area contributed by atoms with Gasteiger partial charge < -0.3 is 43.4 Å². The summed E-state index contributed by atoms with van der Waals surface area (Å²) in [6.07, 6.45) is 17.4. The highest BCUT2D eigenvalue weighted by Crippen LogP contribution is 2.60. The number of rotatable bonds is 18. The Bertz CT molecular complexity index is 1640. The maximum absolute atomic E-state index is 12.7. The zero-order valence-electron chi connectivity index (χ0n) is 45.5. The molecular weight excluding hydrogens is 885 g/mol. The smallest absolute Gasteiger partial charge is 0.462 e. The van der Waals surface area contributed by atoms with E-state index < -0.39 is 34.8 Å². The summed E-state index contributed by atoms with van der Waals surface area (Å²) in [6.45, 7) is 27.8. The SMILES string of the molecule is CCC(C)(C)C(=O)OC1(C(C)C)CCCC1.CCC(C)(C)C(=O)OC12CC3CC(CC(OCC(O)CO)(C3)C1)C2.CCC(C)(C)C(=O)OC1CCCCC1.CCC(C)(C)C(=O)OCC1COC(=O)O1. The number of carbonyl (C=O) groups excluding carboxylic acids is 5. The van der Waals surface area contributed by atoms with Crippen molar-refractivity contribution in [3.05, 3.63) is 0 Å². The monoisotopic (exact) mass is 981 g/mol. The van der Waals surface area contributed by atoms with E-state index in [1.807, 2.05) is 83.1 Å². The molecule has 0 aromatic carbocycles. The van der Waals surface area contributed by atoms with Gasteiger partial charge in [-0.25, -0.2) is 4.79 Å². The number of ether oxygens (including phenoxy) is 7. The minimum atomic E-state index is -0.837. The first-order chi connectivity index (χ1) is 32.1. The first-order valence-corrected chi connectivity index (χ1v) is 26.7. The molecular formula is C55H96O14. The minimum Gasteiger partial charge on any atom is -0.462 e. The van der Waals surface area contributed by atoms with Crippen LogP contribution in [0.3, 0.4) is 0 Å². The molecule has 69 heavy (non-hydrogen) atoms. The quantitative estimate of drug-likeness (QED) is 0.0974. The second-order valence-electron chi connectivity index (χ2n) is 24.2. The van der Waals surface area contributed by atoms with Crippen LogP contribution >= 0.6 is 0 Å². The molecule has 0 spiro atoms. The molecule has 1 saturated heterocycles. The zero-order chi connectivity index (χ0) is 52.1. The van der Waals surface area contributed by atoms with E-state index in [0.717, 1.165) is 77.0 Å². The molecule has 7 aliphatic rings. The molecule has 7 fully saturated rings. The normalized spacial score (nSPS) is 26.7. The Morgan fingerprint density at radius 2 is 1.16 bits per heavy atom. The number of aliphatic hydroxyl groups excluding tert-OH is 2. The van der Waals surface area contributed by atoms with E-state index in [-0.39, 0.29) is 78.4 Å². The van der Waals surface area contributed by atoms with Crippen LogP contribution in [-0.2, 0) is 52.3 Å². The Hall–Kier alpha value is -2.97. The summed E-state index contributed by atoms with van der Waals surface area (Å²) in [5.74, 6) is 1.07. The molecule has 0 aromatic rings. The maximum atomic E-state index is 12.7. The standard InChI is InChI=1S/C19H32O5.C14H26O2.C12H22O2.C10H16O5/c1-4-17(2,3)16(22)24-19-8-13-5-14(9-19)7-18(6-13,12-19)23-11-15(21)10-20;1-6-13(4,5)12(15)16-14(11(2)3)9-7-8-10-14;1-4-12(2,3)11(13)14-10-8-6-5-7-9-10;1-4-10(2,3)8(11)13-5-7-6-14-9(12)15-7/h13-15,20-21H,4-12H2,1-3H3;11H,6-10H2,1-5H3;10H,4-9H2,1-3H3;7H,4-6H2,1-3H3. The third kappa shape index (κ3) is 17.3. The van der Waals surface area contributed by atoms with Crippen LogP contribution in [0.15, 0.2) is 0 Å². The number of hydrogen-bond acceptors (Lipinski definition) is 14. The molecule has 1 heterocycles. The van der Waals surface area contributed by atoms with Gasteiger partial charge in [0.2, 0.25) is 0 Å². The Morgan fingerprint density at radius 1 is 0.681 bits per heavy atom. The van der Waals surface area contributed by atoms with Gasteiger partial charge in [-0.15, -0.1) is 0 Å². The molecule has 0 aromatic heterocycles. The predicted octanol–water partition coefficient (Wildman–Crippen LogP) is 11.2. The van der Waals surface area contributed by atoms with Gasteiger partial charge in [0.05, 0.1) is 40.5 Å². The Kier molecular flexibility index (Phi) is 22.4. The summed E-state index contributed by atoms with van der Waals surface area (Å²) in [5.41, 5.74) is -2.46. The molecule has 2 N–H and O–H groups in total. The van der Waals surface area contributed by atoms with Crippen molar-refractivity contribution in [3.63, 3.8) is 0 Å². The Labute approximate surface area is 416 Å². The molecule has 7 rings (SSSR count). The number of aliphatic hydroxyl groups is 2. The van der Waals surface area contributed by atoms with Crippen molar-refractivity contribution in [2.75, 3.05) is 26.4 Å². The number of cyclic esters (lactones) is 2. The van der Waals surface area contributed by atoms with Crippen LogP contribution in [0.5, 0.6) is 0 Å². The highest BCUT2D eigenvalue weighted by molar-refractivity contribution is 5.77. The molecule has 14 heteroatoms. The third-order valence-corrected chi connectivity index (χ3v) is 16.5. The van der Waals surface area contributed by atoms with E-state index >= 15 is 0 Å². The first-order valence-electron chi connectivity index (χ1n) is 26.7. The molecule has 4 unspecified atom stereocenters. The number of carbonyl (C=O) groups is 5. The van der Waals surface area contributed by atoms with Crippen LogP contribution in [0.2, 0.25) is 0 Å². The molecule has 0 radical (unpaired) electrons. The second-order valence-corrected chi connectivity index (χ2v) is 24.2. The third-order valence-electron chi connectivity index (χ3n) is 16.5. The van der Waals surface area contributed by atoms with Crippen LogP contribution in [0.25, 0.3) is 0 Å². The molecule has 0 amide bonds. The molecule has 4 bridgehead atoms. The topological polar surface area (TPSA) is 190 Å². The molecule has 400 valence electrons. The van der Waals surface area contributed by atoms with Gasteiger partial charge >= 0.3 is 30.0 Å². The van der Waals surface area contributed by atoms with Gasteiger partial charge in [0.25, 0.3) is 0 Å². The van der Waals surface area contributed by atoms with Gasteiger partial charge in [-0.05, 0) is 182 Å². The van der Waals surface area contributed by atoms with E-state index in [4.69, 9.17) is 33.5 Å². The lowest BCUT2D eigenvalue weighted by Crippen LogP contribution is -2.62. The van der Waals surface area contributed by atoms with Crippen molar-refractivity contribution in [2.24, 2.45) is 39.4 Å².